The van der Waals surface area contributed by atoms with Gasteiger partial charge in [-0.05, 0) is 125 Å². The standard InChI is InChI=1S/C41H34O7S6/c1-48-54(46,47)40-25-32(13-23-39(40)52-37-20-10-30(11-21-37)28-6-16-35(50-3)17-7-28)41(42)31-12-22-38(33(24-31)26-53(43,44)45)51-36-18-8-29(9-19-36)27-4-14-34(49-2)15-5-27/h4-25H,26H2,1-3H3,(H,43,44,45). The summed E-state index contributed by atoms with van der Waals surface area (Å²) in [6, 6.07) is 41.0. The number of ketones is 1. The molecule has 54 heavy (non-hydrogen) atoms. The van der Waals surface area contributed by atoms with Gasteiger partial charge in [0.2, 0.25) is 0 Å². The summed E-state index contributed by atoms with van der Waals surface area (Å²) < 4.78 is 65.1. The van der Waals surface area contributed by atoms with Gasteiger partial charge in [-0.3, -0.25) is 13.5 Å². The molecule has 1 N–H and O–H groups in total. The Labute approximate surface area is 333 Å². The molecule has 0 aliphatic rings. The van der Waals surface area contributed by atoms with E-state index in [1.54, 1.807) is 41.7 Å². The summed E-state index contributed by atoms with van der Waals surface area (Å²) in [6.45, 7) is 0. The number of carbonyl (C=O) groups is 1. The second kappa shape index (κ2) is 17.3. The van der Waals surface area contributed by atoms with Crippen LogP contribution in [0.4, 0.5) is 0 Å². The first-order valence-electron chi connectivity index (χ1n) is 16.3. The van der Waals surface area contributed by atoms with Crippen LogP contribution in [-0.4, -0.2) is 46.8 Å². The lowest BCUT2D eigenvalue weighted by Crippen LogP contribution is -2.09. The second-order valence-corrected chi connectivity index (χ2v) is 19.0. The van der Waals surface area contributed by atoms with Crippen LogP contribution in [0.25, 0.3) is 22.3 Å². The van der Waals surface area contributed by atoms with E-state index in [4.69, 9.17) is 4.18 Å². The molecular formula is C41H34O7S6. The molecule has 0 saturated carbocycles. The molecule has 6 rings (SSSR count). The highest BCUT2D eigenvalue weighted by molar-refractivity contribution is 8.00. The van der Waals surface area contributed by atoms with Gasteiger partial charge < -0.3 is 0 Å². The predicted molar refractivity (Wildman–Crippen MR) is 221 cm³/mol. The summed E-state index contributed by atoms with van der Waals surface area (Å²) in [5.74, 6) is -1.24. The SMILES string of the molecule is COS(=O)(=O)c1cc(C(=O)c2ccc(Sc3ccc(-c4ccc(SC)cc4)cc3)c(CS(=O)(=O)O)c2)ccc1Sc1ccc(-c2ccc(SC)cc2)cc1. The van der Waals surface area contributed by atoms with E-state index in [0.29, 0.717) is 9.79 Å². The smallest absolute Gasteiger partial charge is 0.289 e. The van der Waals surface area contributed by atoms with Crippen molar-refractivity contribution in [1.82, 2.24) is 0 Å². The van der Waals surface area contributed by atoms with E-state index in [1.807, 2.05) is 61.0 Å². The molecule has 0 radical (unpaired) electrons. The van der Waals surface area contributed by atoms with Crippen LogP contribution in [0.15, 0.2) is 168 Å². The molecule has 0 aromatic heterocycles. The fraction of sp³-hybridized carbons (Fsp3) is 0.0976. The molecule has 0 aliphatic heterocycles. The van der Waals surface area contributed by atoms with Crippen molar-refractivity contribution in [2.45, 2.75) is 40.0 Å². The molecule has 7 nitrogen and oxygen atoms in total. The minimum Gasteiger partial charge on any atom is -0.289 e. The summed E-state index contributed by atoms with van der Waals surface area (Å²) in [4.78, 5) is 18.5. The molecule has 0 saturated heterocycles. The van der Waals surface area contributed by atoms with Gasteiger partial charge in [-0.1, -0.05) is 72.1 Å². The summed E-state index contributed by atoms with van der Waals surface area (Å²) in [7, 11) is -7.63. The average Bonchev–Trinajstić information content (AvgIpc) is 3.18. The van der Waals surface area contributed by atoms with E-state index in [2.05, 4.69) is 48.5 Å². The van der Waals surface area contributed by atoms with Gasteiger partial charge in [0, 0.05) is 40.5 Å². The molecule has 0 atom stereocenters. The van der Waals surface area contributed by atoms with Crippen LogP contribution < -0.4 is 0 Å². The molecule has 6 aromatic rings. The Hall–Kier alpha value is -3.79. The maximum Gasteiger partial charge on any atom is 0.297 e. The number of hydrogen-bond acceptors (Lipinski definition) is 10. The van der Waals surface area contributed by atoms with Crippen molar-refractivity contribution in [3.05, 3.63) is 150 Å². The Morgan fingerprint density at radius 2 is 0.944 bits per heavy atom. The lowest BCUT2D eigenvalue weighted by atomic mass is 10.0. The molecule has 0 spiro atoms. The highest BCUT2D eigenvalue weighted by Gasteiger charge is 2.23. The normalized spacial score (nSPS) is 11.8. The molecule has 13 heteroatoms. The van der Waals surface area contributed by atoms with E-state index in [-0.39, 0.29) is 21.6 Å². The van der Waals surface area contributed by atoms with Crippen molar-refractivity contribution in [2.24, 2.45) is 0 Å². The van der Waals surface area contributed by atoms with Crippen molar-refractivity contribution >= 4 is 73.1 Å². The third kappa shape index (κ3) is 9.89. The Bertz CT molecular complexity index is 2500. The zero-order valence-electron chi connectivity index (χ0n) is 29.3. The fourth-order valence-electron chi connectivity index (χ4n) is 5.57. The quantitative estimate of drug-likeness (QED) is 0.0490. The van der Waals surface area contributed by atoms with E-state index in [9.17, 15) is 26.2 Å². The van der Waals surface area contributed by atoms with Gasteiger partial charge in [0.25, 0.3) is 20.2 Å². The molecule has 0 heterocycles. The van der Waals surface area contributed by atoms with Crippen LogP contribution in [0.2, 0.25) is 0 Å². The van der Waals surface area contributed by atoms with Crippen LogP contribution in [0.5, 0.6) is 0 Å². The van der Waals surface area contributed by atoms with E-state index >= 15 is 0 Å². The van der Waals surface area contributed by atoms with Crippen LogP contribution in [-0.2, 0) is 30.2 Å². The zero-order valence-corrected chi connectivity index (χ0v) is 34.2. The molecule has 0 fully saturated rings. The van der Waals surface area contributed by atoms with Crippen molar-refractivity contribution < 1.29 is 30.4 Å². The lowest BCUT2D eigenvalue weighted by molar-refractivity contribution is 0.103. The molecule has 276 valence electrons. The first-order chi connectivity index (χ1) is 25.9. The van der Waals surface area contributed by atoms with Crippen molar-refractivity contribution in [2.75, 3.05) is 19.6 Å². The number of benzene rings is 6. The lowest BCUT2D eigenvalue weighted by Gasteiger charge is -2.13. The van der Waals surface area contributed by atoms with Crippen molar-refractivity contribution in [3.63, 3.8) is 0 Å². The van der Waals surface area contributed by atoms with Gasteiger partial charge in [0.1, 0.15) is 10.6 Å². The minimum atomic E-state index is -4.46. The van der Waals surface area contributed by atoms with Gasteiger partial charge >= 0.3 is 0 Å². The Morgan fingerprint density at radius 1 is 0.556 bits per heavy atom. The fourth-order valence-corrected chi connectivity index (χ4v) is 10.0. The number of hydrogen-bond donors (Lipinski definition) is 1. The Morgan fingerprint density at radius 3 is 1.35 bits per heavy atom. The molecule has 0 unspecified atom stereocenters. The van der Waals surface area contributed by atoms with E-state index < -0.39 is 31.8 Å². The summed E-state index contributed by atoms with van der Waals surface area (Å²) in [5, 5.41) is 0. The minimum absolute atomic E-state index is 0.0679. The van der Waals surface area contributed by atoms with Gasteiger partial charge in [0.15, 0.2) is 5.78 Å². The largest absolute Gasteiger partial charge is 0.297 e. The molecular weight excluding hydrogens is 797 g/mol. The second-order valence-electron chi connectivity index (χ2n) is 11.9. The maximum absolute atomic E-state index is 13.8. The topological polar surface area (TPSA) is 115 Å². The van der Waals surface area contributed by atoms with Crippen LogP contribution >= 0.6 is 47.0 Å². The van der Waals surface area contributed by atoms with E-state index in [1.165, 1.54) is 51.5 Å². The Kier molecular flexibility index (Phi) is 12.8. The zero-order chi connectivity index (χ0) is 38.5. The molecule has 0 aliphatic carbocycles. The number of carbonyl (C=O) groups excluding carboxylic acids is 1. The predicted octanol–water partition coefficient (Wildman–Crippen LogP) is 10.7. The summed E-state index contributed by atoms with van der Waals surface area (Å²) in [6.07, 6.45) is 4.05. The van der Waals surface area contributed by atoms with Crippen molar-refractivity contribution in [1.29, 1.82) is 0 Å². The number of thioether (sulfide) groups is 2. The van der Waals surface area contributed by atoms with Crippen LogP contribution in [0.1, 0.15) is 21.5 Å². The van der Waals surface area contributed by atoms with Gasteiger partial charge in [0.05, 0.1) is 7.11 Å². The maximum atomic E-state index is 13.8. The van der Waals surface area contributed by atoms with Crippen LogP contribution in [0, 0.1) is 0 Å². The summed E-state index contributed by atoms with van der Waals surface area (Å²) in [5.41, 5.74) is 4.59. The van der Waals surface area contributed by atoms with Crippen LogP contribution in [0.3, 0.4) is 0 Å². The summed E-state index contributed by atoms with van der Waals surface area (Å²) >= 11 is 5.87. The molecule has 0 amide bonds. The van der Waals surface area contributed by atoms with Gasteiger partial charge in [-0.25, -0.2) is 0 Å². The first kappa shape index (κ1) is 39.9. The molecule has 6 aromatic carbocycles. The van der Waals surface area contributed by atoms with Gasteiger partial charge in [-0.15, -0.1) is 23.5 Å². The number of rotatable bonds is 14. The van der Waals surface area contributed by atoms with E-state index in [0.717, 1.165) is 39.2 Å². The van der Waals surface area contributed by atoms with Crippen molar-refractivity contribution in [3.8, 4) is 22.3 Å². The average molecular weight is 831 g/mol. The highest BCUT2D eigenvalue weighted by atomic mass is 32.2. The Balaban J connectivity index is 1.25. The monoisotopic (exact) mass is 830 g/mol. The highest BCUT2D eigenvalue weighted by Crippen LogP contribution is 2.37. The first-order valence-corrected chi connectivity index (χ1v) is 23.4. The van der Waals surface area contributed by atoms with Gasteiger partial charge in [-0.2, -0.15) is 16.8 Å². The molecule has 0 bridgehead atoms. The third-order valence-electron chi connectivity index (χ3n) is 8.37. The third-order valence-corrected chi connectivity index (χ3v) is 14.2.